The summed E-state index contributed by atoms with van der Waals surface area (Å²) in [6.45, 7) is 1.76. The van der Waals surface area contributed by atoms with Gasteiger partial charge in [-0.05, 0) is 49.9 Å². The number of piperidine rings is 1. The van der Waals surface area contributed by atoms with Crippen LogP contribution in [0.4, 0.5) is 8.78 Å². The number of carbonyl (C=O) groups is 1. The van der Waals surface area contributed by atoms with Crippen LogP contribution >= 0.6 is 0 Å². The first-order valence-electron chi connectivity index (χ1n) is 8.25. The van der Waals surface area contributed by atoms with Crippen LogP contribution in [0.3, 0.4) is 0 Å². The van der Waals surface area contributed by atoms with E-state index in [9.17, 15) is 13.6 Å². The van der Waals surface area contributed by atoms with Crippen LogP contribution in [0, 0.1) is 17.6 Å². The third kappa shape index (κ3) is 2.77. The van der Waals surface area contributed by atoms with Gasteiger partial charge in [0.25, 0.3) is 5.91 Å². The molecule has 2 aliphatic heterocycles. The van der Waals surface area contributed by atoms with Gasteiger partial charge >= 0.3 is 0 Å². The minimum absolute atomic E-state index is 0.0451. The van der Waals surface area contributed by atoms with Gasteiger partial charge in [-0.2, -0.15) is 0 Å². The molecule has 3 unspecified atom stereocenters. The van der Waals surface area contributed by atoms with E-state index in [1.165, 1.54) is 0 Å². The first-order valence-corrected chi connectivity index (χ1v) is 8.25. The van der Waals surface area contributed by atoms with Crippen LogP contribution in [-0.4, -0.2) is 36.4 Å². The molecule has 0 radical (unpaired) electrons. The Labute approximate surface area is 138 Å². The first-order chi connectivity index (χ1) is 11.5. The van der Waals surface area contributed by atoms with Crippen molar-refractivity contribution in [2.24, 2.45) is 11.1 Å². The maximum Gasteiger partial charge on any atom is 0.264 e. The molecule has 0 aromatic heterocycles. The zero-order valence-corrected chi connectivity index (χ0v) is 13.1. The zero-order valence-electron chi connectivity index (χ0n) is 13.1. The summed E-state index contributed by atoms with van der Waals surface area (Å²) in [5.41, 5.74) is 0.0930. The Kier molecular flexibility index (Phi) is 3.75. The van der Waals surface area contributed by atoms with Crippen molar-refractivity contribution < 1.29 is 18.4 Å². The number of nitrogens with zero attached hydrogens (tertiary/aromatic N) is 1. The number of rotatable bonds is 3. The Bertz CT molecular complexity index is 705. The Morgan fingerprint density at radius 2 is 2.29 bits per heavy atom. The second-order valence-electron chi connectivity index (χ2n) is 6.97. The molecule has 3 atom stereocenters. The molecular formula is C17H19F2N3O2. The van der Waals surface area contributed by atoms with Gasteiger partial charge in [-0.25, -0.2) is 8.78 Å². The van der Waals surface area contributed by atoms with Crippen LogP contribution in [0.5, 0.6) is 0 Å². The highest BCUT2D eigenvalue weighted by Gasteiger charge is 2.44. The van der Waals surface area contributed by atoms with E-state index in [-0.39, 0.29) is 29.1 Å². The van der Waals surface area contributed by atoms with Gasteiger partial charge in [0.05, 0.1) is 11.3 Å². The van der Waals surface area contributed by atoms with Gasteiger partial charge in [0.1, 0.15) is 11.6 Å². The predicted octanol–water partition coefficient (Wildman–Crippen LogP) is 1.72. The molecule has 2 fully saturated rings. The molecule has 1 saturated carbocycles. The molecule has 2 heterocycles. The van der Waals surface area contributed by atoms with Gasteiger partial charge in [-0.1, -0.05) is 5.16 Å². The number of hydrogen-bond donors (Lipinski definition) is 2. The molecule has 1 amide bonds. The van der Waals surface area contributed by atoms with E-state index in [0.29, 0.717) is 5.92 Å². The summed E-state index contributed by atoms with van der Waals surface area (Å²) in [7, 11) is 0. The Balaban J connectivity index is 1.42. The lowest BCUT2D eigenvalue weighted by atomic mass is 9.92. The standard InChI is InChI=1S/C17H19F2N3O2/c18-11-1-2-13(19)12(5-11)14-6-15(24-22-14)16(23)21-17-4-3-10(7-17)8-20-9-17/h1-2,5,10,15,20H,3-4,6-9H2,(H,21,23). The molecule has 1 aromatic rings. The summed E-state index contributed by atoms with van der Waals surface area (Å²) in [5.74, 6) is -0.758. The number of amides is 1. The van der Waals surface area contributed by atoms with E-state index in [4.69, 9.17) is 4.84 Å². The number of nitrogens with one attached hydrogen (secondary N) is 2. The highest BCUT2D eigenvalue weighted by Crippen LogP contribution is 2.37. The predicted molar refractivity (Wildman–Crippen MR) is 83.5 cm³/mol. The van der Waals surface area contributed by atoms with Crippen LogP contribution in [-0.2, 0) is 9.63 Å². The molecule has 7 heteroatoms. The van der Waals surface area contributed by atoms with Gasteiger partial charge in [-0.3, -0.25) is 4.79 Å². The molecule has 4 rings (SSSR count). The smallest absolute Gasteiger partial charge is 0.264 e. The summed E-state index contributed by atoms with van der Waals surface area (Å²) in [6, 6.07) is 3.17. The average molecular weight is 335 g/mol. The van der Waals surface area contributed by atoms with Crippen LogP contribution in [0.15, 0.2) is 23.4 Å². The van der Waals surface area contributed by atoms with E-state index >= 15 is 0 Å². The molecular weight excluding hydrogens is 316 g/mol. The van der Waals surface area contributed by atoms with E-state index in [2.05, 4.69) is 15.8 Å². The lowest BCUT2D eigenvalue weighted by molar-refractivity contribution is -0.133. The quantitative estimate of drug-likeness (QED) is 0.884. The van der Waals surface area contributed by atoms with Crippen molar-refractivity contribution in [1.82, 2.24) is 10.6 Å². The van der Waals surface area contributed by atoms with Gasteiger partial charge in [0.15, 0.2) is 0 Å². The van der Waals surface area contributed by atoms with Gasteiger partial charge in [0.2, 0.25) is 6.10 Å². The summed E-state index contributed by atoms with van der Waals surface area (Å²) >= 11 is 0. The Morgan fingerprint density at radius 3 is 3.17 bits per heavy atom. The fraction of sp³-hybridized carbons (Fsp3) is 0.529. The summed E-state index contributed by atoms with van der Waals surface area (Å²) < 4.78 is 27.1. The molecule has 2 bridgehead atoms. The largest absolute Gasteiger partial charge is 0.382 e. The lowest BCUT2D eigenvalue weighted by Crippen LogP contribution is -2.58. The second-order valence-corrected chi connectivity index (χ2v) is 6.97. The van der Waals surface area contributed by atoms with Crippen molar-refractivity contribution in [1.29, 1.82) is 0 Å². The Hall–Kier alpha value is -2.02. The molecule has 24 heavy (non-hydrogen) atoms. The lowest BCUT2D eigenvalue weighted by Gasteiger charge is -2.35. The maximum absolute atomic E-state index is 13.8. The molecule has 2 N–H and O–H groups in total. The minimum Gasteiger partial charge on any atom is -0.382 e. The average Bonchev–Trinajstić information content (AvgIpc) is 3.15. The summed E-state index contributed by atoms with van der Waals surface area (Å²) in [5, 5.41) is 10.2. The van der Waals surface area contributed by atoms with Crippen molar-refractivity contribution in [2.75, 3.05) is 13.1 Å². The highest BCUT2D eigenvalue weighted by atomic mass is 19.1. The number of hydrogen-bond acceptors (Lipinski definition) is 4. The number of carbonyl (C=O) groups excluding carboxylic acids is 1. The SMILES string of the molecule is O=C(NC12CCC(CNC1)C2)C1CC(c2cc(F)ccc2F)=NO1. The number of oxime groups is 1. The van der Waals surface area contributed by atoms with Crippen molar-refractivity contribution in [3.05, 3.63) is 35.4 Å². The number of benzene rings is 1. The van der Waals surface area contributed by atoms with Gasteiger partial charge in [-0.15, -0.1) is 0 Å². The second kappa shape index (κ2) is 5.81. The maximum atomic E-state index is 13.8. The highest BCUT2D eigenvalue weighted by molar-refractivity contribution is 6.04. The number of halogens is 2. The normalized spacial score (nSPS) is 31.5. The third-order valence-electron chi connectivity index (χ3n) is 5.20. The molecule has 5 nitrogen and oxygen atoms in total. The van der Waals surface area contributed by atoms with E-state index in [0.717, 1.165) is 50.6 Å². The van der Waals surface area contributed by atoms with Gasteiger partial charge in [0, 0.05) is 18.5 Å². The number of fused-ring (bicyclic) bond motifs is 2. The van der Waals surface area contributed by atoms with E-state index in [1.807, 2.05) is 0 Å². The fourth-order valence-corrected chi connectivity index (χ4v) is 3.98. The molecule has 128 valence electrons. The van der Waals surface area contributed by atoms with Crippen molar-refractivity contribution in [2.45, 2.75) is 37.3 Å². The van der Waals surface area contributed by atoms with Crippen LogP contribution < -0.4 is 10.6 Å². The van der Waals surface area contributed by atoms with Crippen LogP contribution in [0.2, 0.25) is 0 Å². The summed E-state index contributed by atoms with van der Waals surface area (Å²) in [4.78, 5) is 17.7. The fourth-order valence-electron chi connectivity index (χ4n) is 3.98. The van der Waals surface area contributed by atoms with Crippen LogP contribution in [0.25, 0.3) is 0 Å². The third-order valence-corrected chi connectivity index (χ3v) is 5.20. The van der Waals surface area contributed by atoms with Crippen molar-refractivity contribution in [3.63, 3.8) is 0 Å². The summed E-state index contributed by atoms with van der Waals surface area (Å²) in [6.07, 6.45) is 2.38. The first kappa shape index (κ1) is 15.5. The molecule has 1 aromatic carbocycles. The molecule has 0 spiro atoms. The van der Waals surface area contributed by atoms with E-state index in [1.54, 1.807) is 0 Å². The zero-order chi connectivity index (χ0) is 16.7. The molecule has 3 aliphatic rings. The van der Waals surface area contributed by atoms with E-state index < -0.39 is 17.7 Å². The monoisotopic (exact) mass is 335 g/mol. The van der Waals surface area contributed by atoms with Crippen molar-refractivity contribution in [3.8, 4) is 0 Å². The van der Waals surface area contributed by atoms with Gasteiger partial charge < -0.3 is 15.5 Å². The topological polar surface area (TPSA) is 62.7 Å². The molecule has 1 saturated heterocycles. The van der Waals surface area contributed by atoms with Crippen LogP contribution in [0.1, 0.15) is 31.2 Å². The Morgan fingerprint density at radius 1 is 1.42 bits per heavy atom. The minimum atomic E-state index is -0.794. The molecule has 1 aliphatic carbocycles. The van der Waals surface area contributed by atoms with Crippen molar-refractivity contribution >= 4 is 11.6 Å².